The van der Waals surface area contributed by atoms with E-state index in [1.54, 1.807) is 25.2 Å². The number of oxime groups is 1. The summed E-state index contributed by atoms with van der Waals surface area (Å²) in [5.41, 5.74) is 0.648. The highest BCUT2D eigenvalue weighted by molar-refractivity contribution is 6.15. The standard InChI is InChI=1S/C21H22N2O6/c1-23(12-9-16(26-2)19(28-4)17(10-12)27-3)20(24)21-11-14(21)18(22-25)13-7-5-6-8-15(13)29-21/h5-10,14,25H,11H2,1-4H3. The Hall–Kier alpha value is -3.42. The van der Waals surface area contributed by atoms with Gasteiger partial charge in [0.25, 0.3) is 5.91 Å². The van der Waals surface area contributed by atoms with Gasteiger partial charge in [-0.15, -0.1) is 0 Å². The van der Waals surface area contributed by atoms with Crippen molar-refractivity contribution in [3.63, 3.8) is 0 Å². The van der Waals surface area contributed by atoms with Gasteiger partial charge in [0.05, 0.1) is 38.6 Å². The summed E-state index contributed by atoms with van der Waals surface area (Å²) < 4.78 is 22.2. The van der Waals surface area contributed by atoms with Crippen LogP contribution in [-0.4, -0.2) is 50.8 Å². The number of rotatable bonds is 5. The van der Waals surface area contributed by atoms with Crippen LogP contribution in [0.25, 0.3) is 0 Å². The predicted molar refractivity (Wildman–Crippen MR) is 106 cm³/mol. The van der Waals surface area contributed by atoms with Gasteiger partial charge in [-0.2, -0.15) is 0 Å². The number of benzene rings is 2. The predicted octanol–water partition coefficient (Wildman–Crippen LogP) is 2.70. The van der Waals surface area contributed by atoms with Crippen LogP contribution in [0.1, 0.15) is 12.0 Å². The third-order valence-electron chi connectivity index (χ3n) is 5.51. The van der Waals surface area contributed by atoms with Crippen LogP contribution in [0.4, 0.5) is 5.69 Å². The Labute approximate surface area is 168 Å². The Kier molecular flexibility index (Phi) is 4.49. The van der Waals surface area contributed by atoms with E-state index >= 15 is 0 Å². The van der Waals surface area contributed by atoms with Crippen LogP contribution < -0.4 is 23.8 Å². The summed E-state index contributed by atoms with van der Waals surface area (Å²) >= 11 is 0. The Morgan fingerprint density at radius 2 is 1.83 bits per heavy atom. The summed E-state index contributed by atoms with van der Waals surface area (Å²) in [5.74, 6) is 1.31. The van der Waals surface area contributed by atoms with E-state index in [0.717, 1.165) is 0 Å². The number of hydrogen-bond donors (Lipinski definition) is 1. The second-order valence-corrected chi connectivity index (χ2v) is 6.98. The van der Waals surface area contributed by atoms with E-state index in [9.17, 15) is 10.0 Å². The Balaban J connectivity index is 1.70. The SMILES string of the molecule is COc1cc(N(C)C(=O)C23CC2C(=NO)c2ccccc2O3)cc(OC)c1OC. The number of nitrogens with zero attached hydrogens (tertiary/aromatic N) is 2. The molecule has 2 aromatic rings. The first kappa shape index (κ1) is 18.9. The largest absolute Gasteiger partial charge is 0.493 e. The van der Waals surface area contributed by atoms with Crippen LogP contribution in [0.5, 0.6) is 23.0 Å². The highest BCUT2D eigenvalue weighted by atomic mass is 16.5. The molecule has 1 aliphatic carbocycles. The fourth-order valence-corrected chi connectivity index (χ4v) is 3.89. The molecule has 1 heterocycles. The molecule has 0 aromatic heterocycles. The van der Waals surface area contributed by atoms with E-state index in [0.29, 0.717) is 46.4 Å². The molecule has 1 fully saturated rings. The van der Waals surface area contributed by atoms with Gasteiger partial charge in [-0.3, -0.25) is 4.79 Å². The second kappa shape index (κ2) is 6.88. The van der Waals surface area contributed by atoms with Crippen LogP contribution in [0.3, 0.4) is 0 Å². The maximum atomic E-state index is 13.4. The summed E-state index contributed by atoms with van der Waals surface area (Å²) in [6.45, 7) is 0. The van der Waals surface area contributed by atoms with Gasteiger partial charge in [0.15, 0.2) is 17.1 Å². The lowest BCUT2D eigenvalue weighted by Crippen LogP contribution is -2.46. The molecular formula is C21H22N2O6. The molecule has 8 heteroatoms. The van der Waals surface area contributed by atoms with Crippen molar-refractivity contribution in [2.75, 3.05) is 33.3 Å². The third-order valence-corrected chi connectivity index (χ3v) is 5.51. The maximum absolute atomic E-state index is 13.4. The Bertz CT molecular complexity index is 979. The molecule has 1 aliphatic heterocycles. The number of ether oxygens (including phenoxy) is 4. The summed E-state index contributed by atoms with van der Waals surface area (Å²) in [4.78, 5) is 14.9. The van der Waals surface area contributed by atoms with Crippen molar-refractivity contribution in [3.8, 4) is 23.0 Å². The molecule has 0 radical (unpaired) electrons. The van der Waals surface area contributed by atoms with E-state index in [4.69, 9.17) is 18.9 Å². The van der Waals surface area contributed by atoms with E-state index in [-0.39, 0.29) is 11.8 Å². The summed E-state index contributed by atoms with van der Waals surface area (Å²) in [6.07, 6.45) is 0.439. The zero-order valence-electron chi connectivity index (χ0n) is 16.6. The minimum absolute atomic E-state index is 0.243. The quantitative estimate of drug-likeness (QED) is 0.615. The first-order valence-electron chi connectivity index (χ1n) is 9.09. The van der Waals surface area contributed by atoms with Crippen LogP contribution in [0.15, 0.2) is 41.6 Å². The minimum Gasteiger partial charge on any atom is -0.493 e. The number of hydrogen-bond acceptors (Lipinski definition) is 7. The Morgan fingerprint density at radius 3 is 2.41 bits per heavy atom. The van der Waals surface area contributed by atoms with E-state index in [1.807, 2.05) is 18.2 Å². The number of carbonyl (C=O) groups is 1. The Morgan fingerprint density at radius 1 is 1.17 bits per heavy atom. The minimum atomic E-state index is -1.09. The van der Waals surface area contributed by atoms with E-state index < -0.39 is 5.60 Å². The summed E-state index contributed by atoms with van der Waals surface area (Å²) in [7, 11) is 6.21. The number of para-hydroxylation sites is 1. The average Bonchev–Trinajstić information content (AvgIpc) is 3.50. The van der Waals surface area contributed by atoms with Crippen molar-refractivity contribution in [1.82, 2.24) is 0 Å². The lowest BCUT2D eigenvalue weighted by Gasteiger charge is -2.30. The van der Waals surface area contributed by atoms with Gasteiger partial charge >= 0.3 is 0 Å². The lowest BCUT2D eigenvalue weighted by atomic mass is 9.99. The van der Waals surface area contributed by atoms with Crippen molar-refractivity contribution in [1.29, 1.82) is 0 Å². The average molecular weight is 398 g/mol. The fraction of sp³-hybridized carbons (Fsp3) is 0.333. The molecule has 152 valence electrons. The topological polar surface area (TPSA) is 89.8 Å². The first-order valence-corrected chi connectivity index (χ1v) is 9.09. The molecule has 8 nitrogen and oxygen atoms in total. The molecule has 1 N–H and O–H groups in total. The molecule has 0 bridgehead atoms. The molecule has 0 saturated heterocycles. The van der Waals surface area contributed by atoms with Gasteiger partial charge in [-0.05, 0) is 12.1 Å². The van der Waals surface area contributed by atoms with Gasteiger partial charge in [0.2, 0.25) is 5.75 Å². The number of fused-ring (bicyclic) bond motifs is 2. The van der Waals surface area contributed by atoms with Crippen molar-refractivity contribution in [2.24, 2.45) is 11.1 Å². The van der Waals surface area contributed by atoms with E-state index in [2.05, 4.69) is 5.16 Å². The van der Waals surface area contributed by atoms with Crippen LogP contribution >= 0.6 is 0 Å². The number of carbonyl (C=O) groups excluding carboxylic acids is 1. The molecule has 2 aliphatic rings. The molecule has 1 saturated carbocycles. The molecule has 2 atom stereocenters. The van der Waals surface area contributed by atoms with Crippen LogP contribution in [0.2, 0.25) is 0 Å². The molecule has 29 heavy (non-hydrogen) atoms. The first-order chi connectivity index (χ1) is 14.0. The van der Waals surface area contributed by atoms with Gasteiger partial charge in [-0.25, -0.2) is 0 Å². The normalized spacial score (nSPS) is 22.8. The smallest absolute Gasteiger partial charge is 0.271 e. The number of anilines is 1. The fourth-order valence-electron chi connectivity index (χ4n) is 3.89. The van der Waals surface area contributed by atoms with E-state index in [1.165, 1.54) is 26.2 Å². The molecule has 2 unspecified atom stereocenters. The monoisotopic (exact) mass is 398 g/mol. The highest BCUT2D eigenvalue weighted by Crippen LogP contribution is 2.55. The van der Waals surface area contributed by atoms with Crippen molar-refractivity contribution >= 4 is 17.3 Å². The molecule has 1 amide bonds. The number of amides is 1. The second-order valence-electron chi connectivity index (χ2n) is 6.98. The molecular weight excluding hydrogens is 376 g/mol. The summed E-state index contributed by atoms with van der Waals surface area (Å²) in [6, 6.07) is 10.6. The maximum Gasteiger partial charge on any atom is 0.271 e. The van der Waals surface area contributed by atoms with Crippen LogP contribution in [-0.2, 0) is 4.79 Å². The summed E-state index contributed by atoms with van der Waals surface area (Å²) in [5, 5.41) is 13.0. The van der Waals surface area contributed by atoms with Gasteiger partial charge in [0, 0.05) is 31.2 Å². The lowest BCUT2D eigenvalue weighted by molar-refractivity contribution is -0.127. The van der Waals surface area contributed by atoms with Crippen molar-refractivity contribution < 1.29 is 28.9 Å². The molecule has 4 rings (SSSR count). The zero-order chi connectivity index (χ0) is 20.8. The van der Waals surface area contributed by atoms with Gasteiger partial charge in [0.1, 0.15) is 5.75 Å². The van der Waals surface area contributed by atoms with Crippen molar-refractivity contribution in [3.05, 3.63) is 42.0 Å². The van der Waals surface area contributed by atoms with Crippen LogP contribution in [0, 0.1) is 5.92 Å². The van der Waals surface area contributed by atoms with Gasteiger partial charge in [-0.1, -0.05) is 17.3 Å². The highest BCUT2D eigenvalue weighted by Gasteiger charge is 2.69. The van der Waals surface area contributed by atoms with Gasteiger partial charge < -0.3 is 29.1 Å². The number of likely N-dealkylation sites (N-methyl/N-ethyl adjacent to an activating group) is 1. The zero-order valence-corrected chi connectivity index (χ0v) is 16.6. The number of methoxy groups -OCH3 is 3. The third kappa shape index (κ3) is 2.74. The van der Waals surface area contributed by atoms with Crippen molar-refractivity contribution in [2.45, 2.75) is 12.0 Å². The molecule has 2 aromatic carbocycles. The molecule has 0 spiro atoms.